The van der Waals surface area contributed by atoms with Crippen LogP contribution in [0.4, 0.5) is 14.6 Å². The molecule has 2 rings (SSSR count). The minimum atomic E-state index is -0.894. The van der Waals surface area contributed by atoms with E-state index >= 15 is 0 Å². The first-order valence-electron chi connectivity index (χ1n) is 8.68. The van der Waals surface area contributed by atoms with Crippen LogP contribution < -0.4 is 0 Å². The van der Waals surface area contributed by atoms with Gasteiger partial charge in [0.2, 0.25) is 0 Å². The Labute approximate surface area is 151 Å². The fraction of sp³-hybridized carbons (Fsp3) is 0.400. The number of halogens is 2. The van der Waals surface area contributed by atoms with Crippen LogP contribution in [0.25, 0.3) is 11.4 Å². The molecule has 25 heavy (non-hydrogen) atoms. The van der Waals surface area contributed by atoms with Crippen LogP contribution >= 0.6 is 0 Å². The summed E-state index contributed by atoms with van der Waals surface area (Å²) in [7, 11) is 1.77. The first kappa shape index (κ1) is 24.9. The Morgan fingerprint density at radius 1 is 1.04 bits per heavy atom. The number of aromatic nitrogens is 2. The Bertz CT molecular complexity index is 659. The van der Waals surface area contributed by atoms with Crippen LogP contribution in [0.1, 0.15) is 47.2 Å². The molecule has 0 fully saturated rings. The zero-order valence-electron chi connectivity index (χ0n) is 16.7. The standard InChI is InChI=1S/C14H13F2N3.3C2H6/c1-4-7-17-13-9(2)18-14(19(13)3)10-5-6-11(15)12(16)8-10;3*1-2/h4-8H,1H2,2-3H3;3*1-2H3/b17-7-;;;. The first-order chi connectivity index (χ1) is 12.0. The van der Waals surface area contributed by atoms with E-state index in [0.29, 0.717) is 22.9 Å². The van der Waals surface area contributed by atoms with Gasteiger partial charge >= 0.3 is 0 Å². The normalized spacial score (nSPS) is 9.20. The fourth-order valence-electron chi connectivity index (χ4n) is 1.82. The second-order valence-corrected chi connectivity index (χ2v) is 4.05. The van der Waals surface area contributed by atoms with E-state index in [1.165, 1.54) is 6.07 Å². The molecule has 140 valence electrons. The number of rotatable bonds is 3. The number of benzene rings is 1. The Morgan fingerprint density at radius 2 is 1.60 bits per heavy atom. The molecule has 1 aromatic heterocycles. The Balaban J connectivity index is 0. The van der Waals surface area contributed by atoms with Gasteiger partial charge in [0.05, 0.1) is 5.69 Å². The fourth-order valence-corrected chi connectivity index (χ4v) is 1.82. The molecule has 1 heterocycles. The van der Waals surface area contributed by atoms with Gasteiger partial charge in [-0.1, -0.05) is 54.2 Å². The molecule has 0 amide bonds. The lowest BCUT2D eigenvalue weighted by atomic mass is 10.2. The van der Waals surface area contributed by atoms with Crippen molar-refractivity contribution in [1.29, 1.82) is 0 Å². The topological polar surface area (TPSA) is 30.2 Å². The quantitative estimate of drug-likeness (QED) is 0.570. The SMILES string of the molecule is C=C/C=N\c1c(C)nc(-c2ccc(F)c(F)c2)n1C.CC.CC.CC. The van der Waals surface area contributed by atoms with Crippen molar-refractivity contribution >= 4 is 12.0 Å². The van der Waals surface area contributed by atoms with Gasteiger partial charge in [0.1, 0.15) is 5.82 Å². The molecule has 5 heteroatoms. The lowest BCUT2D eigenvalue weighted by Crippen LogP contribution is -1.94. The molecular formula is C20H31F2N3. The minimum Gasteiger partial charge on any atom is -0.312 e. The third-order valence-corrected chi connectivity index (χ3v) is 2.71. The summed E-state index contributed by atoms with van der Waals surface area (Å²) in [6.07, 6.45) is 3.11. The predicted molar refractivity (Wildman–Crippen MR) is 106 cm³/mol. The highest BCUT2D eigenvalue weighted by Crippen LogP contribution is 2.27. The molecule has 0 radical (unpaired) electrons. The van der Waals surface area contributed by atoms with Crippen molar-refractivity contribution in [2.45, 2.75) is 48.5 Å². The van der Waals surface area contributed by atoms with E-state index in [9.17, 15) is 8.78 Å². The maximum absolute atomic E-state index is 13.3. The van der Waals surface area contributed by atoms with Gasteiger partial charge in [-0.15, -0.1) is 0 Å². The highest BCUT2D eigenvalue weighted by Gasteiger charge is 2.13. The smallest absolute Gasteiger partial charge is 0.159 e. The number of nitrogens with zero attached hydrogens (tertiary/aromatic N) is 3. The van der Waals surface area contributed by atoms with Crippen LogP contribution in [0.3, 0.4) is 0 Å². The van der Waals surface area contributed by atoms with Crippen LogP contribution in [0.2, 0.25) is 0 Å². The van der Waals surface area contributed by atoms with Crippen LogP contribution in [0.5, 0.6) is 0 Å². The molecule has 0 aliphatic rings. The molecule has 0 aliphatic carbocycles. The molecule has 0 spiro atoms. The molecule has 2 aromatic rings. The van der Waals surface area contributed by atoms with Gasteiger partial charge in [-0.05, 0) is 25.1 Å². The van der Waals surface area contributed by atoms with Crippen LogP contribution in [0, 0.1) is 18.6 Å². The summed E-state index contributed by atoms with van der Waals surface area (Å²) in [5, 5.41) is 0. The molecule has 0 atom stereocenters. The zero-order chi connectivity index (χ0) is 20.0. The second kappa shape index (κ2) is 14.1. The molecule has 0 saturated carbocycles. The van der Waals surface area contributed by atoms with E-state index < -0.39 is 11.6 Å². The van der Waals surface area contributed by atoms with E-state index in [4.69, 9.17) is 0 Å². The van der Waals surface area contributed by atoms with Gasteiger partial charge in [-0.25, -0.2) is 18.8 Å². The lowest BCUT2D eigenvalue weighted by molar-refractivity contribution is 0.509. The largest absolute Gasteiger partial charge is 0.312 e. The average Bonchev–Trinajstić information content (AvgIpc) is 2.95. The van der Waals surface area contributed by atoms with Gasteiger partial charge in [-0.2, -0.15) is 0 Å². The Morgan fingerprint density at radius 3 is 2.08 bits per heavy atom. The molecular weight excluding hydrogens is 320 g/mol. The third-order valence-electron chi connectivity index (χ3n) is 2.71. The van der Waals surface area contributed by atoms with E-state index in [0.717, 1.165) is 12.1 Å². The highest BCUT2D eigenvalue weighted by molar-refractivity contribution is 5.74. The van der Waals surface area contributed by atoms with Gasteiger partial charge in [0.25, 0.3) is 0 Å². The third kappa shape index (κ3) is 6.99. The molecule has 0 N–H and O–H groups in total. The number of aryl methyl sites for hydroxylation is 1. The molecule has 3 nitrogen and oxygen atoms in total. The van der Waals surface area contributed by atoms with E-state index in [2.05, 4.69) is 16.6 Å². The summed E-state index contributed by atoms with van der Waals surface area (Å²) in [6, 6.07) is 3.70. The maximum Gasteiger partial charge on any atom is 0.159 e. The lowest BCUT2D eigenvalue weighted by Gasteiger charge is -2.03. The van der Waals surface area contributed by atoms with Crippen molar-refractivity contribution < 1.29 is 8.78 Å². The minimum absolute atomic E-state index is 0.504. The maximum atomic E-state index is 13.3. The molecule has 0 saturated heterocycles. The van der Waals surface area contributed by atoms with Crippen LogP contribution in [-0.2, 0) is 7.05 Å². The van der Waals surface area contributed by atoms with E-state index in [1.54, 1.807) is 30.8 Å². The van der Waals surface area contributed by atoms with Crippen molar-refractivity contribution in [3.05, 3.63) is 48.2 Å². The first-order valence-corrected chi connectivity index (χ1v) is 8.68. The Kier molecular flexibility index (Phi) is 14.0. The monoisotopic (exact) mass is 351 g/mol. The summed E-state index contributed by atoms with van der Waals surface area (Å²) in [4.78, 5) is 8.53. The molecule has 1 aromatic carbocycles. The summed E-state index contributed by atoms with van der Waals surface area (Å²) in [5.41, 5.74) is 1.21. The van der Waals surface area contributed by atoms with Gasteiger partial charge < -0.3 is 4.57 Å². The number of hydrogen-bond donors (Lipinski definition) is 0. The highest BCUT2D eigenvalue weighted by atomic mass is 19.2. The Hall–Kier alpha value is -2.30. The van der Waals surface area contributed by atoms with Crippen molar-refractivity contribution in [2.75, 3.05) is 0 Å². The molecule has 0 bridgehead atoms. The molecule has 0 aliphatic heterocycles. The summed E-state index contributed by atoms with van der Waals surface area (Å²) < 4.78 is 27.9. The summed E-state index contributed by atoms with van der Waals surface area (Å²) >= 11 is 0. The molecule has 0 unspecified atom stereocenters. The number of allylic oxidation sites excluding steroid dienone is 1. The van der Waals surface area contributed by atoms with Crippen LogP contribution in [0.15, 0.2) is 35.8 Å². The predicted octanol–water partition coefficient (Wildman–Crippen LogP) is 6.64. The van der Waals surface area contributed by atoms with E-state index in [-0.39, 0.29) is 0 Å². The van der Waals surface area contributed by atoms with Gasteiger partial charge in [0.15, 0.2) is 17.5 Å². The number of hydrogen-bond acceptors (Lipinski definition) is 2. The summed E-state index contributed by atoms with van der Waals surface area (Å²) in [5.74, 6) is -0.582. The van der Waals surface area contributed by atoms with Crippen molar-refractivity contribution in [3.8, 4) is 11.4 Å². The van der Waals surface area contributed by atoms with Crippen molar-refractivity contribution in [1.82, 2.24) is 9.55 Å². The number of aliphatic imine (C=N–C) groups is 1. The zero-order valence-corrected chi connectivity index (χ0v) is 16.7. The van der Waals surface area contributed by atoms with Gasteiger partial charge in [-0.3, -0.25) is 0 Å². The summed E-state index contributed by atoms with van der Waals surface area (Å²) in [6.45, 7) is 17.4. The second-order valence-electron chi connectivity index (χ2n) is 4.05. The van der Waals surface area contributed by atoms with Crippen LogP contribution in [-0.4, -0.2) is 15.8 Å². The number of imidazole rings is 1. The van der Waals surface area contributed by atoms with Crippen molar-refractivity contribution in [2.24, 2.45) is 12.0 Å². The average molecular weight is 351 g/mol. The van der Waals surface area contributed by atoms with E-state index in [1.807, 2.05) is 41.5 Å². The van der Waals surface area contributed by atoms with Crippen molar-refractivity contribution in [3.63, 3.8) is 0 Å². The van der Waals surface area contributed by atoms with Gasteiger partial charge in [0, 0.05) is 18.8 Å².